The summed E-state index contributed by atoms with van der Waals surface area (Å²) in [6.45, 7) is 0. The van der Waals surface area contributed by atoms with Crippen molar-refractivity contribution in [1.29, 1.82) is 0 Å². The molecule has 234 valence electrons. The minimum Gasteiger partial charge on any atom is -0.175 e. The molecule has 0 fully saturated rings. The van der Waals surface area contributed by atoms with Crippen LogP contribution in [0.15, 0.2) is 174 Å². The van der Waals surface area contributed by atoms with Gasteiger partial charge < -0.3 is 0 Å². The standard InChI is InChI=1S/C45H36S3/c1-47-38-23-19-33(20-24-38)41-10-4-7-13-44(41)36-27-35(43-12-6-3-9-40(43)32-17-15-31(30-46)16-18-32)28-37(29-36)45-14-8-5-11-42(45)34-21-25-39(48-2)26-22-34/h3-29,46H,30H2,1-2H3. The molecule has 3 heteroatoms. The molecule has 0 atom stereocenters. The molecule has 0 N–H and O–H groups in total. The molecule has 0 saturated carbocycles. The van der Waals surface area contributed by atoms with Gasteiger partial charge >= 0.3 is 0 Å². The molecule has 0 aliphatic carbocycles. The van der Waals surface area contributed by atoms with Crippen LogP contribution in [0.3, 0.4) is 0 Å². The molecule has 0 radical (unpaired) electrons. The van der Waals surface area contributed by atoms with Gasteiger partial charge in [0.1, 0.15) is 0 Å². The van der Waals surface area contributed by atoms with Gasteiger partial charge in [-0.05, 0) is 127 Å². The zero-order valence-electron chi connectivity index (χ0n) is 27.1. The molecular weight excluding hydrogens is 637 g/mol. The molecule has 0 heterocycles. The molecule has 0 aliphatic rings. The Morgan fingerprint density at radius 1 is 0.354 bits per heavy atom. The predicted molar refractivity (Wildman–Crippen MR) is 215 cm³/mol. The van der Waals surface area contributed by atoms with Gasteiger partial charge in [-0.3, -0.25) is 0 Å². The summed E-state index contributed by atoms with van der Waals surface area (Å²) in [5.41, 5.74) is 15.7. The Balaban J connectivity index is 1.45. The number of benzene rings is 7. The zero-order chi connectivity index (χ0) is 32.9. The third-order valence-electron chi connectivity index (χ3n) is 8.90. The van der Waals surface area contributed by atoms with Gasteiger partial charge in [-0.1, -0.05) is 121 Å². The van der Waals surface area contributed by atoms with E-state index in [4.69, 9.17) is 0 Å². The topological polar surface area (TPSA) is 0 Å². The molecule has 0 aliphatic heterocycles. The summed E-state index contributed by atoms with van der Waals surface area (Å²) in [4.78, 5) is 2.53. The fourth-order valence-electron chi connectivity index (χ4n) is 6.38. The number of rotatable bonds is 9. The van der Waals surface area contributed by atoms with E-state index in [0.717, 1.165) is 5.75 Å². The molecule has 0 amide bonds. The van der Waals surface area contributed by atoms with Crippen LogP contribution in [-0.2, 0) is 5.75 Å². The Kier molecular flexibility index (Phi) is 9.90. The van der Waals surface area contributed by atoms with Gasteiger partial charge in [-0.15, -0.1) is 23.5 Å². The first-order valence-corrected chi connectivity index (χ1v) is 19.2. The van der Waals surface area contributed by atoms with Crippen molar-refractivity contribution in [3.63, 3.8) is 0 Å². The summed E-state index contributed by atoms with van der Waals surface area (Å²) in [7, 11) is 0. The van der Waals surface area contributed by atoms with Crippen LogP contribution >= 0.6 is 36.2 Å². The number of thioether (sulfide) groups is 2. The van der Waals surface area contributed by atoms with Gasteiger partial charge in [0.05, 0.1) is 0 Å². The van der Waals surface area contributed by atoms with Crippen molar-refractivity contribution in [3.8, 4) is 66.8 Å². The van der Waals surface area contributed by atoms with E-state index < -0.39 is 0 Å². The van der Waals surface area contributed by atoms with Crippen LogP contribution in [0.5, 0.6) is 0 Å². The lowest BCUT2D eigenvalue weighted by Gasteiger charge is -2.18. The van der Waals surface area contributed by atoms with Crippen molar-refractivity contribution in [2.24, 2.45) is 0 Å². The van der Waals surface area contributed by atoms with Gasteiger partial charge in [0.2, 0.25) is 0 Å². The van der Waals surface area contributed by atoms with E-state index in [-0.39, 0.29) is 0 Å². The second-order valence-electron chi connectivity index (χ2n) is 11.7. The van der Waals surface area contributed by atoms with Crippen LogP contribution in [0, 0.1) is 0 Å². The van der Waals surface area contributed by atoms with Crippen LogP contribution in [-0.4, -0.2) is 12.5 Å². The van der Waals surface area contributed by atoms with Crippen molar-refractivity contribution in [3.05, 3.63) is 169 Å². The average molecular weight is 673 g/mol. The minimum atomic E-state index is 0.728. The van der Waals surface area contributed by atoms with Crippen molar-refractivity contribution in [2.75, 3.05) is 12.5 Å². The van der Waals surface area contributed by atoms with Gasteiger partial charge in [0, 0.05) is 15.5 Å². The monoisotopic (exact) mass is 672 g/mol. The highest BCUT2D eigenvalue weighted by Crippen LogP contribution is 2.42. The third-order valence-corrected chi connectivity index (χ3v) is 10.7. The quantitative estimate of drug-likeness (QED) is 0.120. The van der Waals surface area contributed by atoms with E-state index in [0.29, 0.717) is 0 Å². The lowest BCUT2D eigenvalue weighted by molar-refractivity contribution is 1.42. The van der Waals surface area contributed by atoms with E-state index in [1.165, 1.54) is 82.1 Å². The minimum absolute atomic E-state index is 0.728. The first kappa shape index (κ1) is 32.2. The lowest BCUT2D eigenvalue weighted by atomic mass is 9.86. The van der Waals surface area contributed by atoms with Crippen molar-refractivity contribution >= 4 is 36.2 Å². The Labute approximate surface area is 298 Å². The van der Waals surface area contributed by atoms with Crippen molar-refractivity contribution in [2.45, 2.75) is 15.5 Å². The Morgan fingerprint density at radius 3 is 0.896 bits per heavy atom. The largest absolute Gasteiger partial charge is 0.175 e. The third kappa shape index (κ3) is 6.77. The fourth-order valence-corrected chi connectivity index (χ4v) is 7.41. The molecular formula is C45H36S3. The second-order valence-corrected chi connectivity index (χ2v) is 13.8. The van der Waals surface area contributed by atoms with Gasteiger partial charge in [-0.25, -0.2) is 0 Å². The van der Waals surface area contributed by atoms with Gasteiger partial charge in [0.15, 0.2) is 0 Å². The number of thiol groups is 1. The summed E-state index contributed by atoms with van der Waals surface area (Å²) in [5, 5.41) is 0. The normalized spacial score (nSPS) is 11.1. The highest BCUT2D eigenvalue weighted by molar-refractivity contribution is 7.98. The molecule has 0 unspecified atom stereocenters. The fraction of sp³-hybridized carbons (Fsp3) is 0.0667. The predicted octanol–water partition coefficient (Wildman–Crippen LogP) is 13.6. The molecule has 7 rings (SSSR count). The molecule has 0 nitrogen and oxygen atoms in total. The van der Waals surface area contributed by atoms with Crippen LogP contribution < -0.4 is 0 Å². The SMILES string of the molecule is CSc1ccc(-c2ccccc2-c2cc(-c3ccccc3-c3ccc(CS)cc3)cc(-c3ccccc3-c3ccc(SC)cc3)c2)cc1. The zero-order valence-corrected chi connectivity index (χ0v) is 29.6. The van der Waals surface area contributed by atoms with Crippen LogP contribution in [0.2, 0.25) is 0 Å². The van der Waals surface area contributed by atoms with E-state index in [2.05, 4.69) is 189 Å². The highest BCUT2D eigenvalue weighted by atomic mass is 32.2. The van der Waals surface area contributed by atoms with Crippen LogP contribution in [0.1, 0.15) is 5.56 Å². The number of hydrogen-bond acceptors (Lipinski definition) is 3. The van der Waals surface area contributed by atoms with E-state index in [1.807, 2.05) is 0 Å². The Hall–Kier alpha value is -4.41. The summed E-state index contributed by atoms with van der Waals surface area (Å²) in [5.74, 6) is 0.728. The summed E-state index contributed by atoms with van der Waals surface area (Å²) in [6, 6.07) is 60.1. The molecule has 0 saturated heterocycles. The maximum absolute atomic E-state index is 4.49. The number of hydrogen-bond donors (Lipinski definition) is 1. The molecule has 0 spiro atoms. The van der Waals surface area contributed by atoms with E-state index in [1.54, 1.807) is 23.5 Å². The Bertz CT molecular complexity index is 1900. The maximum Gasteiger partial charge on any atom is 0.0154 e. The highest BCUT2D eigenvalue weighted by Gasteiger charge is 2.16. The molecule has 0 bridgehead atoms. The molecule has 48 heavy (non-hydrogen) atoms. The summed E-state index contributed by atoms with van der Waals surface area (Å²) in [6.07, 6.45) is 4.25. The van der Waals surface area contributed by atoms with Crippen molar-refractivity contribution < 1.29 is 0 Å². The average Bonchev–Trinajstić information content (AvgIpc) is 3.18. The molecule has 0 aromatic heterocycles. The first-order chi connectivity index (χ1) is 23.6. The smallest absolute Gasteiger partial charge is 0.0154 e. The summed E-state index contributed by atoms with van der Waals surface area (Å²) >= 11 is 8.03. The van der Waals surface area contributed by atoms with Gasteiger partial charge in [-0.2, -0.15) is 12.6 Å². The summed E-state index contributed by atoms with van der Waals surface area (Å²) < 4.78 is 0. The maximum atomic E-state index is 4.49. The van der Waals surface area contributed by atoms with Gasteiger partial charge in [0.25, 0.3) is 0 Å². The van der Waals surface area contributed by atoms with E-state index in [9.17, 15) is 0 Å². The van der Waals surface area contributed by atoms with Crippen LogP contribution in [0.25, 0.3) is 66.8 Å². The first-order valence-electron chi connectivity index (χ1n) is 16.1. The van der Waals surface area contributed by atoms with Crippen molar-refractivity contribution in [1.82, 2.24) is 0 Å². The van der Waals surface area contributed by atoms with E-state index >= 15 is 0 Å². The molecule has 7 aromatic carbocycles. The van der Waals surface area contributed by atoms with Crippen LogP contribution in [0.4, 0.5) is 0 Å². The Morgan fingerprint density at radius 2 is 0.625 bits per heavy atom. The lowest BCUT2D eigenvalue weighted by Crippen LogP contribution is -1.92. The second kappa shape index (κ2) is 14.8. The molecule has 7 aromatic rings.